The van der Waals surface area contributed by atoms with Crippen molar-refractivity contribution >= 4 is 12.0 Å². The quantitative estimate of drug-likeness (QED) is 0.706. The Kier molecular flexibility index (Phi) is 4.84. The monoisotopic (exact) mass is 413 g/mol. The van der Waals surface area contributed by atoms with Crippen LogP contribution in [-0.2, 0) is 17.8 Å². The third-order valence-electron chi connectivity index (χ3n) is 6.26. The third kappa shape index (κ3) is 3.85. The molecule has 4 rings (SSSR count). The minimum atomic E-state index is -4.77. The first-order chi connectivity index (χ1) is 13.7. The van der Waals surface area contributed by atoms with Crippen molar-refractivity contribution in [2.24, 2.45) is 11.3 Å². The van der Waals surface area contributed by atoms with Gasteiger partial charge in [0.15, 0.2) is 0 Å². The van der Waals surface area contributed by atoms with E-state index in [1.165, 1.54) is 12.1 Å². The largest absolute Gasteiger partial charge is 0.573 e. The van der Waals surface area contributed by atoms with Crippen molar-refractivity contribution in [2.45, 2.75) is 38.2 Å². The molecule has 3 aliphatic rings. The molecule has 10 heteroatoms. The molecule has 7 nitrogen and oxygen atoms in total. The van der Waals surface area contributed by atoms with E-state index in [1.807, 2.05) is 0 Å². The second-order valence-corrected chi connectivity index (χ2v) is 8.03. The SMILES string of the molecule is O=C(O)N[C@@H]1C[C@H]2CNC[C@@]2(C(=O)N2CCc3ccc(OC(F)(F)F)cc3C2)C1. The molecule has 1 aromatic carbocycles. The van der Waals surface area contributed by atoms with Crippen molar-refractivity contribution in [1.29, 1.82) is 0 Å². The van der Waals surface area contributed by atoms with Crippen molar-refractivity contribution in [3.8, 4) is 5.75 Å². The molecule has 0 bridgehead atoms. The topological polar surface area (TPSA) is 90.9 Å². The maximum atomic E-state index is 13.5. The number of carbonyl (C=O) groups excluding carboxylic acids is 1. The average molecular weight is 413 g/mol. The molecule has 2 heterocycles. The molecule has 1 saturated heterocycles. The van der Waals surface area contributed by atoms with Crippen LogP contribution in [0.15, 0.2) is 18.2 Å². The van der Waals surface area contributed by atoms with E-state index in [0.29, 0.717) is 44.5 Å². The van der Waals surface area contributed by atoms with Crippen LogP contribution in [0.5, 0.6) is 5.75 Å². The molecule has 3 atom stereocenters. The predicted molar refractivity (Wildman–Crippen MR) is 95.2 cm³/mol. The van der Waals surface area contributed by atoms with Gasteiger partial charge in [-0.2, -0.15) is 0 Å². The lowest BCUT2D eigenvalue weighted by Gasteiger charge is -2.37. The Morgan fingerprint density at radius 2 is 2.10 bits per heavy atom. The van der Waals surface area contributed by atoms with Crippen LogP contribution in [0.25, 0.3) is 0 Å². The number of halogens is 3. The Labute approximate surface area is 165 Å². The van der Waals surface area contributed by atoms with Crippen LogP contribution in [-0.4, -0.2) is 54.0 Å². The molecule has 1 aromatic rings. The van der Waals surface area contributed by atoms with Crippen LogP contribution in [0.3, 0.4) is 0 Å². The summed E-state index contributed by atoms with van der Waals surface area (Å²) < 4.78 is 41.5. The molecule has 2 aliphatic heterocycles. The summed E-state index contributed by atoms with van der Waals surface area (Å²) in [4.78, 5) is 26.1. The van der Waals surface area contributed by atoms with Gasteiger partial charge in [-0.3, -0.25) is 4.79 Å². The molecular weight excluding hydrogens is 391 g/mol. The fourth-order valence-corrected chi connectivity index (χ4v) is 5.06. The van der Waals surface area contributed by atoms with Gasteiger partial charge in [-0.1, -0.05) is 6.07 Å². The second kappa shape index (κ2) is 7.08. The second-order valence-electron chi connectivity index (χ2n) is 8.03. The van der Waals surface area contributed by atoms with Crippen molar-refractivity contribution in [1.82, 2.24) is 15.5 Å². The lowest BCUT2D eigenvalue weighted by molar-refractivity contribution is -0.274. The maximum absolute atomic E-state index is 13.5. The Bertz CT molecular complexity index is 831. The molecule has 0 aromatic heterocycles. The predicted octanol–water partition coefficient (Wildman–Crippen LogP) is 2.11. The van der Waals surface area contributed by atoms with Crippen molar-refractivity contribution in [2.75, 3.05) is 19.6 Å². The molecule has 0 radical (unpaired) electrons. The van der Waals surface area contributed by atoms with E-state index < -0.39 is 17.9 Å². The molecule has 0 spiro atoms. The lowest BCUT2D eigenvalue weighted by atomic mass is 9.78. The van der Waals surface area contributed by atoms with E-state index in [9.17, 15) is 22.8 Å². The fourth-order valence-electron chi connectivity index (χ4n) is 5.06. The highest BCUT2D eigenvalue weighted by Gasteiger charge is 2.56. The number of fused-ring (bicyclic) bond motifs is 2. The van der Waals surface area contributed by atoms with Crippen molar-refractivity contribution in [3.63, 3.8) is 0 Å². The summed E-state index contributed by atoms with van der Waals surface area (Å²) in [6.07, 6.45) is -4.29. The molecule has 2 fully saturated rings. The standard InChI is InChI=1S/C19H22F3N3O4/c20-19(21,22)29-15-2-1-11-3-4-25(9-12(11)5-15)16(26)18-7-14(24-17(27)28)6-13(18)8-23-10-18/h1-2,5,13-14,23-24H,3-4,6-10H2,(H,27,28)/t13-,14+,18-/m0/s1. The molecular formula is C19H22F3N3O4. The van der Waals surface area contributed by atoms with Crippen molar-refractivity contribution < 1.29 is 32.6 Å². The van der Waals surface area contributed by atoms with Gasteiger partial charge < -0.3 is 25.4 Å². The van der Waals surface area contributed by atoms with Gasteiger partial charge in [-0.05, 0) is 55.0 Å². The van der Waals surface area contributed by atoms with Gasteiger partial charge >= 0.3 is 12.5 Å². The third-order valence-corrected chi connectivity index (χ3v) is 6.26. The summed E-state index contributed by atoms with van der Waals surface area (Å²) in [5.74, 6) is -0.321. The van der Waals surface area contributed by atoms with Crippen LogP contribution in [0, 0.1) is 11.3 Å². The van der Waals surface area contributed by atoms with Gasteiger partial charge in [0.1, 0.15) is 5.75 Å². The maximum Gasteiger partial charge on any atom is 0.573 e. The highest BCUT2D eigenvalue weighted by atomic mass is 19.4. The van der Waals surface area contributed by atoms with Crippen molar-refractivity contribution in [3.05, 3.63) is 29.3 Å². The van der Waals surface area contributed by atoms with E-state index >= 15 is 0 Å². The molecule has 0 unspecified atom stereocenters. The fraction of sp³-hybridized carbons (Fsp3) is 0.579. The number of hydrogen-bond acceptors (Lipinski definition) is 4. The first-order valence-corrected chi connectivity index (χ1v) is 9.53. The van der Waals surface area contributed by atoms with Gasteiger partial charge in [0.25, 0.3) is 0 Å². The first-order valence-electron chi connectivity index (χ1n) is 9.53. The summed E-state index contributed by atoms with van der Waals surface area (Å²) in [5.41, 5.74) is 0.868. The minimum Gasteiger partial charge on any atom is -0.465 e. The molecule has 158 valence electrons. The number of amides is 2. The van der Waals surface area contributed by atoms with E-state index in [-0.39, 0.29) is 30.2 Å². The average Bonchev–Trinajstić information content (AvgIpc) is 3.16. The van der Waals surface area contributed by atoms with Crippen LogP contribution in [0.1, 0.15) is 24.0 Å². The lowest BCUT2D eigenvalue weighted by Crippen LogP contribution is -2.49. The zero-order valence-corrected chi connectivity index (χ0v) is 15.6. The Morgan fingerprint density at radius 1 is 1.31 bits per heavy atom. The highest BCUT2D eigenvalue weighted by Crippen LogP contribution is 2.47. The Balaban J connectivity index is 1.52. The normalized spacial score (nSPS) is 28.6. The minimum absolute atomic E-state index is 0.0353. The van der Waals surface area contributed by atoms with Gasteiger partial charge in [0, 0.05) is 25.7 Å². The Morgan fingerprint density at radius 3 is 2.83 bits per heavy atom. The zero-order valence-electron chi connectivity index (χ0n) is 15.6. The van der Waals surface area contributed by atoms with Gasteiger partial charge in [0.05, 0.1) is 5.41 Å². The number of benzene rings is 1. The number of nitrogens with one attached hydrogen (secondary N) is 2. The number of rotatable bonds is 3. The molecule has 1 aliphatic carbocycles. The summed E-state index contributed by atoms with van der Waals surface area (Å²) >= 11 is 0. The van der Waals surface area contributed by atoms with E-state index in [2.05, 4.69) is 15.4 Å². The van der Waals surface area contributed by atoms with E-state index in [0.717, 1.165) is 5.56 Å². The summed E-state index contributed by atoms with van der Waals surface area (Å²) in [6.45, 7) is 1.83. The molecule has 1 saturated carbocycles. The highest BCUT2D eigenvalue weighted by molar-refractivity contribution is 5.85. The summed E-state index contributed by atoms with van der Waals surface area (Å²) in [6, 6.07) is 3.97. The van der Waals surface area contributed by atoms with E-state index in [1.54, 1.807) is 11.0 Å². The Hall–Kier alpha value is -2.49. The van der Waals surface area contributed by atoms with E-state index in [4.69, 9.17) is 5.11 Å². The molecule has 3 N–H and O–H groups in total. The van der Waals surface area contributed by atoms with Crippen LogP contribution < -0.4 is 15.4 Å². The van der Waals surface area contributed by atoms with Crippen LogP contribution >= 0.6 is 0 Å². The molecule has 29 heavy (non-hydrogen) atoms. The van der Waals surface area contributed by atoms with Crippen LogP contribution in [0.4, 0.5) is 18.0 Å². The van der Waals surface area contributed by atoms with Gasteiger partial charge in [-0.25, -0.2) is 4.79 Å². The summed E-state index contributed by atoms with van der Waals surface area (Å²) in [5, 5.41) is 14.7. The zero-order chi connectivity index (χ0) is 20.8. The number of carboxylic acid groups (broad SMARTS) is 1. The number of hydrogen-bond donors (Lipinski definition) is 3. The summed E-state index contributed by atoms with van der Waals surface area (Å²) in [7, 11) is 0. The van der Waals surface area contributed by atoms with Gasteiger partial charge in [-0.15, -0.1) is 13.2 Å². The number of ether oxygens (including phenoxy) is 1. The number of nitrogens with zero attached hydrogens (tertiary/aromatic N) is 1. The molecule has 2 amide bonds. The van der Waals surface area contributed by atoms with Gasteiger partial charge in [0.2, 0.25) is 5.91 Å². The first kappa shape index (κ1) is 19.8. The number of carbonyl (C=O) groups is 2. The number of alkyl halides is 3. The van der Waals surface area contributed by atoms with Crippen LogP contribution in [0.2, 0.25) is 0 Å². The smallest absolute Gasteiger partial charge is 0.465 e.